The van der Waals surface area contributed by atoms with Crippen molar-refractivity contribution in [3.63, 3.8) is 0 Å². The monoisotopic (exact) mass is 314 g/mol. The number of carboxylic acids is 1. The van der Waals surface area contributed by atoms with Crippen LogP contribution in [0.25, 0.3) is 0 Å². The van der Waals surface area contributed by atoms with Gasteiger partial charge >= 0.3 is 5.97 Å². The van der Waals surface area contributed by atoms with Crippen LogP contribution in [0.1, 0.15) is 37.3 Å². The van der Waals surface area contributed by atoms with Gasteiger partial charge in [0, 0.05) is 20.1 Å². The molecule has 0 aliphatic carbocycles. The predicted octanol–water partition coefficient (Wildman–Crippen LogP) is 1.55. The van der Waals surface area contributed by atoms with Gasteiger partial charge in [-0.1, -0.05) is 38.1 Å². The third-order valence-electron chi connectivity index (χ3n) is 3.16. The van der Waals surface area contributed by atoms with Crippen molar-refractivity contribution in [2.75, 3.05) is 13.6 Å². The summed E-state index contributed by atoms with van der Waals surface area (Å²) in [7, 11) is -2.31. The van der Waals surface area contributed by atoms with E-state index in [1.807, 2.05) is 24.3 Å². The van der Waals surface area contributed by atoms with Crippen LogP contribution in [0.15, 0.2) is 24.3 Å². The van der Waals surface area contributed by atoms with Gasteiger partial charge in [-0.15, -0.1) is 0 Å². The zero-order valence-electron chi connectivity index (χ0n) is 12.5. The van der Waals surface area contributed by atoms with Gasteiger partial charge in [0.1, 0.15) is 0 Å². The van der Waals surface area contributed by atoms with Crippen LogP contribution in [0.3, 0.4) is 0 Å². The Labute approximate surface area is 126 Å². The molecule has 0 radical (unpaired) electrons. The van der Waals surface area contributed by atoms with Gasteiger partial charge < -0.3 is 5.11 Å². The average Bonchev–Trinajstić information content (AvgIpc) is 2.42. The molecule has 0 fully saturated rings. The summed E-state index contributed by atoms with van der Waals surface area (Å²) < 4.78 is 27.3. The minimum absolute atomic E-state index is 0.0586. The zero-order chi connectivity index (χ0) is 16.0. The van der Waals surface area contributed by atoms with Crippen LogP contribution in [0.4, 0.5) is 0 Å². The van der Waals surface area contributed by atoms with E-state index in [4.69, 9.17) is 5.11 Å². The van der Waals surface area contributed by atoms with Gasteiger partial charge in [0.05, 0.1) is 6.42 Å². The summed E-state index contributed by atoms with van der Waals surface area (Å²) in [4.78, 5) is 10.5. The van der Waals surface area contributed by atoms with Gasteiger partial charge in [-0.3, -0.25) is 4.79 Å². The second kappa shape index (κ2) is 7.53. The number of hydrogen-bond acceptors (Lipinski definition) is 3. The lowest BCUT2D eigenvalue weighted by Gasteiger charge is -2.17. The van der Waals surface area contributed by atoms with E-state index in [-0.39, 0.29) is 19.5 Å². The second-order valence-corrected chi connectivity index (χ2v) is 7.05. The first-order valence-electron chi connectivity index (χ1n) is 6.74. The van der Waals surface area contributed by atoms with E-state index in [1.165, 1.54) is 12.6 Å². The van der Waals surface area contributed by atoms with Gasteiger partial charge in [0.15, 0.2) is 0 Å². The highest BCUT2D eigenvalue weighted by molar-refractivity contribution is 7.87. The Morgan fingerprint density at radius 2 is 1.86 bits per heavy atom. The molecule has 1 aromatic carbocycles. The highest BCUT2D eigenvalue weighted by Crippen LogP contribution is 2.14. The molecule has 0 unspecified atom stereocenters. The average molecular weight is 314 g/mol. The number of carbonyl (C=O) groups is 1. The summed E-state index contributed by atoms with van der Waals surface area (Å²) in [6.07, 6.45) is -0.222. The van der Waals surface area contributed by atoms with Crippen molar-refractivity contribution >= 4 is 16.2 Å². The molecule has 2 N–H and O–H groups in total. The van der Waals surface area contributed by atoms with Crippen molar-refractivity contribution in [2.45, 2.75) is 32.7 Å². The molecule has 0 heterocycles. The molecule has 0 saturated heterocycles. The number of rotatable bonds is 8. The maximum absolute atomic E-state index is 11.9. The van der Waals surface area contributed by atoms with Crippen LogP contribution in [-0.4, -0.2) is 37.4 Å². The van der Waals surface area contributed by atoms with Crippen LogP contribution in [0.5, 0.6) is 0 Å². The lowest BCUT2D eigenvalue weighted by Crippen LogP contribution is -2.38. The minimum Gasteiger partial charge on any atom is -0.481 e. The predicted molar refractivity (Wildman–Crippen MR) is 81.2 cm³/mol. The highest BCUT2D eigenvalue weighted by atomic mass is 32.2. The molecule has 0 aliphatic rings. The Hall–Kier alpha value is -1.44. The summed E-state index contributed by atoms with van der Waals surface area (Å²) in [6, 6.07) is 7.72. The quantitative estimate of drug-likeness (QED) is 0.762. The molecular weight excluding hydrogens is 292 g/mol. The first kappa shape index (κ1) is 17.6. The largest absolute Gasteiger partial charge is 0.481 e. The van der Waals surface area contributed by atoms with E-state index in [2.05, 4.69) is 18.6 Å². The molecule has 0 atom stereocenters. The van der Waals surface area contributed by atoms with Crippen LogP contribution >= 0.6 is 0 Å². The van der Waals surface area contributed by atoms with E-state index < -0.39 is 16.2 Å². The summed E-state index contributed by atoms with van der Waals surface area (Å²) >= 11 is 0. The third-order valence-corrected chi connectivity index (χ3v) is 4.67. The molecule has 0 bridgehead atoms. The van der Waals surface area contributed by atoms with Crippen molar-refractivity contribution < 1.29 is 18.3 Å². The first-order valence-corrected chi connectivity index (χ1v) is 8.18. The highest BCUT2D eigenvalue weighted by Gasteiger charge is 2.17. The van der Waals surface area contributed by atoms with Crippen molar-refractivity contribution in [2.24, 2.45) is 0 Å². The summed E-state index contributed by atoms with van der Waals surface area (Å²) in [5, 5.41) is 8.56. The van der Waals surface area contributed by atoms with E-state index in [0.717, 1.165) is 9.87 Å². The van der Waals surface area contributed by atoms with E-state index in [9.17, 15) is 13.2 Å². The molecule has 0 aliphatic heterocycles. The Kier molecular flexibility index (Phi) is 6.32. The van der Waals surface area contributed by atoms with Crippen molar-refractivity contribution in [3.8, 4) is 0 Å². The molecule has 0 saturated carbocycles. The molecule has 0 spiro atoms. The number of aliphatic carboxylic acids is 1. The molecule has 0 aromatic heterocycles. The molecule has 7 heteroatoms. The number of benzene rings is 1. The Morgan fingerprint density at radius 1 is 1.29 bits per heavy atom. The Morgan fingerprint density at radius 3 is 2.33 bits per heavy atom. The normalized spacial score (nSPS) is 12.0. The molecule has 0 amide bonds. The van der Waals surface area contributed by atoms with Crippen LogP contribution in [0, 0.1) is 0 Å². The number of nitrogens with one attached hydrogen (secondary N) is 1. The van der Waals surface area contributed by atoms with Gasteiger partial charge in [-0.05, 0) is 17.0 Å². The van der Waals surface area contributed by atoms with Gasteiger partial charge in [0.25, 0.3) is 10.2 Å². The Bertz CT molecular complexity index is 567. The SMILES string of the molecule is CC(C)c1ccc(CNS(=O)(=O)N(C)CCC(=O)O)cc1. The molecule has 118 valence electrons. The van der Waals surface area contributed by atoms with Crippen molar-refractivity contribution in [1.82, 2.24) is 9.03 Å². The second-order valence-electron chi connectivity index (χ2n) is 5.19. The maximum Gasteiger partial charge on any atom is 0.304 e. The summed E-state index contributed by atoms with van der Waals surface area (Å²) in [5.74, 6) is -0.598. The molecule has 6 nitrogen and oxygen atoms in total. The molecule has 21 heavy (non-hydrogen) atoms. The fourth-order valence-corrected chi connectivity index (χ4v) is 2.58. The van der Waals surface area contributed by atoms with Crippen LogP contribution in [0.2, 0.25) is 0 Å². The molecule has 1 aromatic rings. The van der Waals surface area contributed by atoms with Gasteiger partial charge in [-0.25, -0.2) is 0 Å². The van der Waals surface area contributed by atoms with Gasteiger partial charge in [0.2, 0.25) is 0 Å². The maximum atomic E-state index is 11.9. The van der Waals surface area contributed by atoms with E-state index >= 15 is 0 Å². The third kappa shape index (κ3) is 5.82. The minimum atomic E-state index is -3.66. The number of nitrogens with zero attached hydrogens (tertiary/aromatic N) is 1. The van der Waals surface area contributed by atoms with Crippen LogP contribution < -0.4 is 4.72 Å². The van der Waals surface area contributed by atoms with E-state index in [0.29, 0.717) is 5.92 Å². The smallest absolute Gasteiger partial charge is 0.304 e. The topological polar surface area (TPSA) is 86.7 Å². The first-order chi connectivity index (χ1) is 9.72. The number of carboxylic acid groups (broad SMARTS) is 1. The lowest BCUT2D eigenvalue weighted by atomic mass is 10.0. The summed E-state index contributed by atoms with van der Waals surface area (Å²) in [5.41, 5.74) is 2.05. The number of hydrogen-bond donors (Lipinski definition) is 2. The van der Waals surface area contributed by atoms with Crippen LogP contribution in [-0.2, 0) is 21.5 Å². The fourth-order valence-electron chi connectivity index (χ4n) is 1.68. The van der Waals surface area contributed by atoms with Gasteiger partial charge in [-0.2, -0.15) is 17.4 Å². The van der Waals surface area contributed by atoms with Crippen molar-refractivity contribution in [3.05, 3.63) is 35.4 Å². The molecule has 1 rings (SSSR count). The fraction of sp³-hybridized carbons (Fsp3) is 0.500. The summed E-state index contributed by atoms with van der Waals surface area (Å²) in [6.45, 7) is 4.30. The Balaban J connectivity index is 2.58. The lowest BCUT2D eigenvalue weighted by molar-refractivity contribution is -0.137. The zero-order valence-corrected chi connectivity index (χ0v) is 13.4. The van der Waals surface area contributed by atoms with E-state index in [1.54, 1.807) is 0 Å². The standard InChI is InChI=1S/C14H22N2O4S/c1-11(2)13-6-4-12(5-7-13)10-15-21(19,20)16(3)9-8-14(17)18/h4-7,11,15H,8-10H2,1-3H3,(H,17,18). The van der Waals surface area contributed by atoms with Crippen molar-refractivity contribution in [1.29, 1.82) is 0 Å². The molecular formula is C14H22N2O4S.